The number of benzene rings is 1. The van der Waals surface area contributed by atoms with E-state index in [2.05, 4.69) is 4.72 Å². The van der Waals surface area contributed by atoms with Crippen molar-refractivity contribution in [3.05, 3.63) is 28.3 Å². The smallest absolute Gasteiger partial charge is 0.271 e. The number of hydrogen-bond acceptors (Lipinski definition) is 5. The highest BCUT2D eigenvalue weighted by atomic mass is 32.2. The van der Waals surface area contributed by atoms with E-state index in [1.807, 2.05) is 0 Å². The van der Waals surface area contributed by atoms with Gasteiger partial charge in [0.1, 0.15) is 5.75 Å². The first-order chi connectivity index (χ1) is 8.04. The molecule has 1 rings (SSSR count). The highest BCUT2D eigenvalue weighted by Gasteiger charge is 2.30. The molecule has 0 aliphatic heterocycles. The van der Waals surface area contributed by atoms with Crippen molar-refractivity contribution in [3.8, 4) is 5.75 Å². The number of aromatic hydroxyl groups is 1. The van der Waals surface area contributed by atoms with E-state index in [4.69, 9.17) is 0 Å². The number of nitrogens with zero attached hydrogens (tertiary/aromatic N) is 1. The average Bonchev–Trinajstić information content (AvgIpc) is 2.18. The molecule has 0 radical (unpaired) electrons. The van der Waals surface area contributed by atoms with E-state index in [1.54, 1.807) is 0 Å². The molecule has 0 atom stereocenters. The first kappa shape index (κ1) is 14.2. The van der Waals surface area contributed by atoms with Gasteiger partial charge in [0.25, 0.3) is 5.69 Å². The topological polar surface area (TPSA) is 110 Å². The van der Waals surface area contributed by atoms with E-state index >= 15 is 0 Å². The fraction of sp³-hybridized carbons (Fsp3) is 0.400. The van der Waals surface area contributed by atoms with E-state index in [0.29, 0.717) is 0 Å². The molecule has 0 saturated carbocycles. The number of non-ortho nitro benzene ring substituents is 1. The van der Waals surface area contributed by atoms with Crippen LogP contribution in [0.25, 0.3) is 0 Å². The van der Waals surface area contributed by atoms with Crippen molar-refractivity contribution in [1.29, 1.82) is 0 Å². The van der Waals surface area contributed by atoms with Crippen LogP contribution in [0.3, 0.4) is 0 Å². The predicted octanol–water partition coefficient (Wildman–Crippen LogP) is 1.84. The summed E-state index contributed by atoms with van der Waals surface area (Å²) < 4.78 is 24.8. The van der Waals surface area contributed by atoms with Crippen LogP contribution in [-0.2, 0) is 10.0 Å². The summed E-state index contributed by atoms with van der Waals surface area (Å²) in [6.45, 7) is 4.43. The maximum Gasteiger partial charge on any atom is 0.271 e. The Bertz CT molecular complexity index is 574. The average molecular weight is 274 g/mol. The van der Waals surface area contributed by atoms with E-state index in [1.165, 1.54) is 20.8 Å². The Labute approximate surface area is 105 Å². The second-order valence-corrected chi connectivity index (χ2v) is 7.11. The van der Waals surface area contributed by atoms with Gasteiger partial charge in [-0.05, 0) is 26.8 Å². The molecule has 0 unspecified atom stereocenters. The van der Waals surface area contributed by atoms with Crippen LogP contribution < -0.4 is 4.72 Å². The molecule has 1 aromatic rings. The van der Waals surface area contributed by atoms with Gasteiger partial charge in [-0.2, -0.15) is 0 Å². The van der Waals surface area contributed by atoms with Crippen molar-refractivity contribution >= 4 is 21.4 Å². The Morgan fingerprint density at radius 2 is 1.89 bits per heavy atom. The molecular formula is C10H14N2O5S. The number of phenols is 1. The lowest BCUT2D eigenvalue weighted by Gasteiger charge is -2.20. The fourth-order valence-electron chi connectivity index (χ4n) is 1.02. The van der Waals surface area contributed by atoms with Crippen LogP contribution >= 0.6 is 0 Å². The van der Waals surface area contributed by atoms with Crippen molar-refractivity contribution < 1.29 is 18.4 Å². The Morgan fingerprint density at radius 1 is 1.33 bits per heavy atom. The summed E-state index contributed by atoms with van der Waals surface area (Å²) in [7, 11) is -3.75. The van der Waals surface area contributed by atoms with Crippen LogP contribution in [0.4, 0.5) is 11.4 Å². The monoisotopic (exact) mass is 274 g/mol. The molecular weight excluding hydrogens is 260 g/mol. The molecule has 0 saturated heterocycles. The lowest BCUT2D eigenvalue weighted by molar-refractivity contribution is -0.384. The molecule has 0 bridgehead atoms. The van der Waals surface area contributed by atoms with Crippen molar-refractivity contribution in [2.45, 2.75) is 25.5 Å². The number of phenolic OH excluding ortho intramolecular Hbond substituents is 1. The number of anilines is 1. The normalized spacial score (nSPS) is 12.2. The Kier molecular flexibility index (Phi) is 3.52. The van der Waals surface area contributed by atoms with Gasteiger partial charge in [0.15, 0.2) is 0 Å². The SMILES string of the molecule is CC(C)(C)S(=O)(=O)Nc1cc([N+](=O)[O-])ccc1O. The van der Waals surface area contributed by atoms with Crippen LogP contribution in [-0.4, -0.2) is 23.2 Å². The van der Waals surface area contributed by atoms with Gasteiger partial charge in [-0.15, -0.1) is 0 Å². The molecule has 0 aliphatic rings. The molecule has 100 valence electrons. The van der Waals surface area contributed by atoms with Crippen molar-refractivity contribution in [3.63, 3.8) is 0 Å². The lowest BCUT2D eigenvalue weighted by Crippen LogP contribution is -2.33. The molecule has 0 fully saturated rings. The summed E-state index contributed by atoms with van der Waals surface area (Å²) in [4.78, 5) is 9.90. The number of sulfonamides is 1. The minimum atomic E-state index is -3.75. The van der Waals surface area contributed by atoms with Crippen LogP contribution in [0, 0.1) is 10.1 Å². The number of rotatable bonds is 3. The first-order valence-electron chi connectivity index (χ1n) is 5.04. The number of hydrogen-bond donors (Lipinski definition) is 2. The summed E-state index contributed by atoms with van der Waals surface area (Å²) in [6, 6.07) is 3.13. The number of nitro groups is 1. The molecule has 7 nitrogen and oxygen atoms in total. The number of nitrogens with one attached hydrogen (secondary N) is 1. The van der Waals surface area contributed by atoms with Gasteiger partial charge in [-0.25, -0.2) is 8.42 Å². The summed E-state index contributed by atoms with van der Waals surface area (Å²) in [5, 5.41) is 20.1. The van der Waals surface area contributed by atoms with E-state index < -0.39 is 19.7 Å². The minimum absolute atomic E-state index is 0.209. The highest BCUT2D eigenvalue weighted by molar-refractivity contribution is 7.94. The highest BCUT2D eigenvalue weighted by Crippen LogP contribution is 2.30. The van der Waals surface area contributed by atoms with Crippen molar-refractivity contribution in [2.75, 3.05) is 4.72 Å². The molecule has 8 heteroatoms. The van der Waals surface area contributed by atoms with Gasteiger partial charge >= 0.3 is 0 Å². The van der Waals surface area contributed by atoms with Gasteiger partial charge in [0.05, 0.1) is 15.4 Å². The zero-order chi connectivity index (χ0) is 14.1. The summed E-state index contributed by atoms with van der Waals surface area (Å²) in [5.74, 6) is -0.367. The van der Waals surface area contributed by atoms with Gasteiger partial charge in [0.2, 0.25) is 10.0 Å². The summed E-state index contributed by atoms with van der Waals surface area (Å²) in [6.07, 6.45) is 0. The largest absolute Gasteiger partial charge is 0.506 e. The second-order valence-electron chi connectivity index (χ2n) is 4.68. The van der Waals surface area contributed by atoms with Crippen molar-refractivity contribution in [2.24, 2.45) is 0 Å². The Hall–Kier alpha value is -1.83. The summed E-state index contributed by atoms with van der Waals surface area (Å²) in [5.41, 5.74) is -0.515. The van der Waals surface area contributed by atoms with Crippen LogP contribution in [0.5, 0.6) is 5.75 Å². The molecule has 2 N–H and O–H groups in total. The molecule has 0 heterocycles. The van der Waals surface area contributed by atoms with Crippen LogP contribution in [0.1, 0.15) is 20.8 Å². The third-order valence-electron chi connectivity index (χ3n) is 2.24. The predicted molar refractivity (Wildman–Crippen MR) is 67.1 cm³/mol. The zero-order valence-electron chi connectivity index (χ0n) is 10.2. The maximum atomic E-state index is 11.9. The molecule has 0 spiro atoms. The standard InChI is InChI=1S/C10H14N2O5S/c1-10(2,3)18(16,17)11-8-6-7(12(14)15)4-5-9(8)13/h4-6,11,13H,1-3H3. The molecule has 18 heavy (non-hydrogen) atoms. The quantitative estimate of drug-likeness (QED) is 0.496. The van der Waals surface area contributed by atoms with Gasteiger partial charge in [-0.1, -0.05) is 0 Å². The van der Waals surface area contributed by atoms with Gasteiger partial charge in [0, 0.05) is 12.1 Å². The first-order valence-corrected chi connectivity index (χ1v) is 6.53. The molecule has 0 aromatic heterocycles. The minimum Gasteiger partial charge on any atom is -0.506 e. The molecule has 1 aromatic carbocycles. The Balaban J connectivity index is 3.20. The van der Waals surface area contributed by atoms with E-state index in [9.17, 15) is 23.6 Å². The third-order valence-corrected chi connectivity index (χ3v) is 4.34. The molecule has 0 aliphatic carbocycles. The Morgan fingerprint density at radius 3 is 2.33 bits per heavy atom. The van der Waals surface area contributed by atoms with E-state index in [0.717, 1.165) is 18.2 Å². The summed E-state index contributed by atoms with van der Waals surface area (Å²) >= 11 is 0. The zero-order valence-corrected chi connectivity index (χ0v) is 11.0. The lowest BCUT2D eigenvalue weighted by atomic mass is 10.2. The van der Waals surface area contributed by atoms with Gasteiger partial charge < -0.3 is 5.11 Å². The van der Waals surface area contributed by atoms with Crippen LogP contribution in [0.15, 0.2) is 18.2 Å². The third kappa shape index (κ3) is 2.89. The molecule has 0 amide bonds. The second kappa shape index (κ2) is 4.45. The van der Waals surface area contributed by atoms with E-state index in [-0.39, 0.29) is 17.1 Å². The van der Waals surface area contributed by atoms with Crippen LogP contribution in [0.2, 0.25) is 0 Å². The number of nitro benzene ring substituents is 1. The fourth-order valence-corrected chi connectivity index (χ4v) is 1.78. The van der Waals surface area contributed by atoms with Crippen molar-refractivity contribution in [1.82, 2.24) is 0 Å². The maximum absolute atomic E-state index is 11.9. The van der Waals surface area contributed by atoms with Gasteiger partial charge in [-0.3, -0.25) is 14.8 Å².